The Morgan fingerprint density at radius 3 is 2.56 bits per heavy atom. The molecule has 10 heteroatoms. The monoisotopic (exact) mass is 481 g/mol. The Bertz CT molecular complexity index is 1130. The molecule has 5 rings (SSSR count). The average Bonchev–Trinajstić information content (AvgIpc) is 3.26. The van der Waals surface area contributed by atoms with Gasteiger partial charge in [0.05, 0.1) is 29.9 Å². The summed E-state index contributed by atoms with van der Waals surface area (Å²) in [5, 5.41) is 6.20. The molecule has 1 fully saturated rings. The van der Waals surface area contributed by atoms with E-state index in [0.717, 1.165) is 43.2 Å². The maximum atomic E-state index is 12.3. The maximum absolute atomic E-state index is 12.3. The molecule has 1 aromatic heterocycles. The Hall–Kier alpha value is -3.21. The number of para-hydroxylation sites is 3. The standard InChI is InChI=1S/C24H27N5O4S/c30-22(27-24(31)25-13-17-16-32-19-6-2-3-7-20(19)33-17)14-28-9-11-29(12-10-28)15-23-26-18-5-1-4-8-21(18)34-23/h1-8,17H,9-16H2,(H2,25,27,30,31)/t17-/m0/s1. The van der Waals surface area contributed by atoms with Gasteiger partial charge in [-0.05, 0) is 24.3 Å². The van der Waals surface area contributed by atoms with Crippen molar-refractivity contribution in [2.45, 2.75) is 12.6 Å². The van der Waals surface area contributed by atoms with Gasteiger partial charge in [-0.1, -0.05) is 24.3 Å². The van der Waals surface area contributed by atoms with Gasteiger partial charge in [0.25, 0.3) is 0 Å². The van der Waals surface area contributed by atoms with E-state index in [-0.39, 0.29) is 25.1 Å². The molecule has 1 saturated heterocycles. The predicted octanol–water partition coefficient (Wildman–Crippen LogP) is 2.08. The van der Waals surface area contributed by atoms with Crippen molar-refractivity contribution in [3.8, 4) is 11.5 Å². The fraction of sp³-hybridized carbons (Fsp3) is 0.375. The predicted molar refractivity (Wildman–Crippen MR) is 129 cm³/mol. The third-order valence-electron chi connectivity index (χ3n) is 5.84. The minimum absolute atomic E-state index is 0.193. The summed E-state index contributed by atoms with van der Waals surface area (Å²) < 4.78 is 12.7. The van der Waals surface area contributed by atoms with E-state index in [2.05, 4.69) is 26.5 Å². The molecule has 178 valence electrons. The lowest BCUT2D eigenvalue weighted by molar-refractivity contribution is -0.121. The summed E-state index contributed by atoms with van der Waals surface area (Å²) in [6.45, 7) is 4.85. The first-order valence-corrected chi connectivity index (χ1v) is 12.2. The van der Waals surface area contributed by atoms with E-state index < -0.39 is 6.03 Å². The van der Waals surface area contributed by atoms with E-state index in [9.17, 15) is 9.59 Å². The molecule has 2 aliphatic rings. The number of piperazine rings is 1. The second kappa shape index (κ2) is 10.4. The molecular formula is C24H27N5O4S. The number of fused-ring (bicyclic) bond motifs is 2. The maximum Gasteiger partial charge on any atom is 0.321 e. The fourth-order valence-electron chi connectivity index (χ4n) is 4.07. The first kappa shape index (κ1) is 22.6. The van der Waals surface area contributed by atoms with E-state index in [1.807, 2.05) is 42.5 Å². The highest BCUT2D eigenvalue weighted by Crippen LogP contribution is 2.30. The van der Waals surface area contributed by atoms with Gasteiger partial charge in [0.2, 0.25) is 5.91 Å². The van der Waals surface area contributed by atoms with Crippen molar-refractivity contribution < 1.29 is 19.1 Å². The first-order valence-electron chi connectivity index (χ1n) is 11.4. The summed E-state index contributed by atoms with van der Waals surface area (Å²) in [6, 6.07) is 15.1. The molecule has 3 amide bonds. The zero-order chi connectivity index (χ0) is 23.3. The quantitative estimate of drug-likeness (QED) is 0.557. The fourth-order valence-corrected chi connectivity index (χ4v) is 5.08. The van der Waals surface area contributed by atoms with Crippen LogP contribution in [-0.2, 0) is 11.3 Å². The molecule has 3 aromatic rings. The third-order valence-corrected chi connectivity index (χ3v) is 6.86. The zero-order valence-electron chi connectivity index (χ0n) is 18.7. The number of amides is 3. The van der Waals surface area contributed by atoms with Crippen molar-refractivity contribution in [3.05, 3.63) is 53.5 Å². The second-order valence-corrected chi connectivity index (χ2v) is 9.50. The Kier molecular flexibility index (Phi) is 6.89. The van der Waals surface area contributed by atoms with Crippen molar-refractivity contribution in [1.29, 1.82) is 0 Å². The molecule has 3 heterocycles. The topological polar surface area (TPSA) is 96.0 Å². The summed E-state index contributed by atoms with van der Waals surface area (Å²) in [5.41, 5.74) is 1.04. The van der Waals surface area contributed by atoms with E-state index in [4.69, 9.17) is 14.5 Å². The van der Waals surface area contributed by atoms with Crippen LogP contribution in [-0.4, -0.2) is 78.7 Å². The van der Waals surface area contributed by atoms with Crippen LogP contribution in [0.3, 0.4) is 0 Å². The Morgan fingerprint density at radius 2 is 1.74 bits per heavy atom. The summed E-state index contributed by atoms with van der Waals surface area (Å²) in [7, 11) is 0. The van der Waals surface area contributed by atoms with Crippen molar-refractivity contribution in [2.24, 2.45) is 0 Å². The largest absolute Gasteiger partial charge is 0.486 e. The SMILES string of the molecule is O=C(CN1CCN(Cc2nc3ccccc3s2)CC1)NC(=O)NC[C@H]1COc2ccccc2O1. The molecule has 0 unspecified atom stereocenters. The molecule has 9 nitrogen and oxygen atoms in total. The summed E-state index contributed by atoms with van der Waals surface area (Å²) in [5.74, 6) is 1.03. The lowest BCUT2D eigenvalue weighted by Crippen LogP contribution is -2.51. The van der Waals surface area contributed by atoms with Crippen LogP contribution in [0.2, 0.25) is 0 Å². The van der Waals surface area contributed by atoms with Gasteiger partial charge in [0.15, 0.2) is 17.6 Å². The summed E-state index contributed by atoms with van der Waals surface area (Å²) in [6.07, 6.45) is -0.306. The minimum atomic E-state index is -0.526. The Labute approximate surface area is 201 Å². The highest BCUT2D eigenvalue weighted by Gasteiger charge is 2.23. The zero-order valence-corrected chi connectivity index (χ0v) is 19.6. The van der Waals surface area contributed by atoms with Gasteiger partial charge < -0.3 is 14.8 Å². The van der Waals surface area contributed by atoms with Crippen LogP contribution in [0.25, 0.3) is 10.2 Å². The van der Waals surface area contributed by atoms with Gasteiger partial charge in [-0.3, -0.25) is 19.9 Å². The molecule has 2 aromatic carbocycles. The lowest BCUT2D eigenvalue weighted by atomic mass is 10.2. The number of nitrogens with one attached hydrogen (secondary N) is 2. The van der Waals surface area contributed by atoms with E-state index >= 15 is 0 Å². The molecule has 0 saturated carbocycles. The number of carbonyl (C=O) groups excluding carboxylic acids is 2. The Morgan fingerprint density at radius 1 is 1.00 bits per heavy atom. The van der Waals surface area contributed by atoms with Crippen LogP contribution in [0.5, 0.6) is 11.5 Å². The molecule has 0 aliphatic carbocycles. The number of nitrogens with zero attached hydrogens (tertiary/aromatic N) is 3. The number of rotatable bonds is 6. The molecule has 1 atom stereocenters. The Balaban J connectivity index is 1.00. The average molecular weight is 482 g/mol. The van der Waals surface area contributed by atoms with E-state index in [0.29, 0.717) is 18.1 Å². The first-order chi connectivity index (χ1) is 16.6. The third kappa shape index (κ3) is 5.64. The van der Waals surface area contributed by atoms with Crippen LogP contribution in [0, 0.1) is 0 Å². The van der Waals surface area contributed by atoms with E-state index in [1.54, 1.807) is 11.3 Å². The number of hydrogen-bond acceptors (Lipinski definition) is 8. The van der Waals surface area contributed by atoms with Crippen LogP contribution in [0.1, 0.15) is 5.01 Å². The number of ether oxygens (including phenoxy) is 2. The molecule has 0 spiro atoms. The van der Waals surface area contributed by atoms with Gasteiger partial charge in [-0.25, -0.2) is 9.78 Å². The van der Waals surface area contributed by atoms with Gasteiger partial charge in [0, 0.05) is 26.2 Å². The highest BCUT2D eigenvalue weighted by atomic mass is 32.1. The van der Waals surface area contributed by atoms with Crippen molar-refractivity contribution in [3.63, 3.8) is 0 Å². The highest BCUT2D eigenvalue weighted by molar-refractivity contribution is 7.18. The number of urea groups is 1. The minimum Gasteiger partial charge on any atom is -0.486 e. The molecule has 0 radical (unpaired) electrons. The molecular weight excluding hydrogens is 454 g/mol. The number of hydrogen-bond donors (Lipinski definition) is 2. The van der Waals surface area contributed by atoms with Crippen LogP contribution >= 0.6 is 11.3 Å². The number of benzene rings is 2. The van der Waals surface area contributed by atoms with Gasteiger partial charge in [-0.2, -0.15) is 0 Å². The van der Waals surface area contributed by atoms with Crippen molar-refractivity contribution >= 4 is 33.5 Å². The second-order valence-electron chi connectivity index (χ2n) is 8.38. The molecule has 34 heavy (non-hydrogen) atoms. The van der Waals surface area contributed by atoms with Crippen LogP contribution < -0.4 is 20.1 Å². The van der Waals surface area contributed by atoms with Crippen molar-refractivity contribution in [1.82, 2.24) is 25.4 Å². The van der Waals surface area contributed by atoms with Crippen LogP contribution in [0.15, 0.2) is 48.5 Å². The van der Waals surface area contributed by atoms with Gasteiger partial charge >= 0.3 is 6.03 Å². The molecule has 0 bridgehead atoms. The number of aromatic nitrogens is 1. The summed E-state index contributed by atoms with van der Waals surface area (Å²) >= 11 is 1.73. The van der Waals surface area contributed by atoms with Gasteiger partial charge in [0.1, 0.15) is 11.6 Å². The summed E-state index contributed by atoms with van der Waals surface area (Å²) in [4.78, 5) is 33.6. The van der Waals surface area contributed by atoms with Crippen molar-refractivity contribution in [2.75, 3.05) is 45.9 Å². The van der Waals surface area contributed by atoms with Crippen LogP contribution in [0.4, 0.5) is 4.79 Å². The van der Waals surface area contributed by atoms with Gasteiger partial charge in [-0.15, -0.1) is 11.3 Å². The van der Waals surface area contributed by atoms with E-state index in [1.165, 1.54) is 4.70 Å². The number of imide groups is 1. The smallest absolute Gasteiger partial charge is 0.321 e. The normalized spacial score (nSPS) is 18.5. The lowest BCUT2D eigenvalue weighted by Gasteiger charge is -2.33. The molecule has 2 aliphatic heterocycles. The number of thiazole rings is 1. The molecule has 2 N–H and O–H groups in total. The number of carbonyl (C=O) groups is 2.